The summed E-state index contributed by atoms with van der Waals surface area (Å²) in [6, 6.07) is 0. The fraction of sp³-hybridized carbons (Fsp3) is 0.556. The van der Waals surface area contributed by atoms with Crippen LogP contribution in [0.25, 0.3) is 0 Å². The molecule has 1 atom stereocenters. The maximum absolute atomic E-state index is 10.5. The lowest BCUT2D eigenvalue weighted by Gasteiger charge is -2.04. The monoisotopic (exact) mass is 231 g/mol. The van der Waals surface area contributed by atoms with Gasteiger partial charge in [0, 0.05) is 16.4 Å². The van der Waals surface area contributed by atoms with Gasteiger partial charge in [0.15, 0.2) is 5.69 Å². The van der Waals surface area contributed by atoms with Crippen LogP contribution in [0.5, 0.6) is 0 Å². The molecule has 0 bridgehead atoms. The molecule has 78 valence electrons. The van der Waals surface area contributed by atoms with E-state index in [2.05, 4.69) is 18.8 Å². The van der Waals surface area contributed by atoms with Crippen LogP contribution in [0.2, 0.25) is 0 Å². The maximum atomic E-state index is 10.5. The van der Waals surface area contributed by atoms with Crippen molar-refractivity contribution in [3.63, 3.8) is 0 Å². The van der Waals surface area contributed by atoms with Crippen molar-refractivity contribution in [2.24, 2.45) is 0 Å². The highest BCUT2D eigenvalue weighted by Gasteiger charge is 2.09. The molecule has 1 aromatic rings. The normalized spacial score (nSPS) is 12.7. The van der Waals surface area contributed by atoms with E-state index in [4.69, 9.17) is 5.11 Å². The molecule has 1 aromatic heterocycles. The second-order valence-corrected chi connectivity index (χ2v) is 5.33. The average Bonchev–Trinajstić information content (AvgIpc) is 2.62. The van der Waals surface area contributed by atoms with E-state index in [9.17, 15) is 4.79 Å². The van der Waals surface area contributed by atoms with E-state index >= 15 is 0 Å². The van der Waals surface area contributed by atoms with Gasteiger partial charge in [-0.15, -0.1) is 11.3 Å². The standard InChI is InChI=1S/C9H13NO2S2/c1-3-6(2)13-5-8-10-7(4-14-8)9(11)12/h4,6H,3,5H2,1-2H3,(H,11,12). The Morgan fingerprint density at radius 1 is 1.79 bits per heavy atom. The quantitative estimate of drug-likeness (QED) is 0.846. The van der Waals surface area contributed by atoms with Crippen molar-refractivity contribution < 1.29 is 9.90 Å². The Kier molecular flexibility index (Phi) is 4.41. The minimum atomic E-state index is -0.943. The third kappa shape index (κ3) is 3.31. The number of aromatic nitrogens is 1. The van der Waals surface area contributed by atoms with E-state index in [0.29, 0.717) is 5.25 Å². The van der Waals surface area contributed by atoms with Crippen molar-refractivity contribution in [2.45, 2.75) is 31.3 Å². The number of thiazole rings is 1. The fourth-order valence-corrected chi connectivity index (χ4v) is 2.56. The first-order valence-electron chi connectivity index (χ1n) is 4.42. The molecule has 0 aliphatic heterocycles. The number of aromatic carboxylic acids is 1. The van der Waals surface area contributed by atoms with Crippen LogP contribution >= 0.6 is 23.1 Å². The van der Waals surface area contributed by atoms with Crippen LogP contribution in [0.4, 0.5) is 0 Å². The molecule has 0 amide bonds. The summed E-state index contributed by atoms with van der Waals surface area (Å²) in [6.07, 6.45) is 1.13. The zero-order valence-electron chi connectivity index (χ0n) is 8.19. The summed E-state index contributed by atoms with van der Waals surface area (Å²) in [7, 11) is 0. The Morgan fingerprint density at radius 3 is 3.00 bits per heavy atom. The first-order chi connectivity index (χ1) is 6.63. The van der Waals surface area contributed by atoms with Crippen LogP contribution < -0.4 is 0 Å². The van der Waals surface area contributed by atoms with Crippen LogP contribution in [0.15, 0.2) is 5.38 Å². The molecular weight excluding hydrogens is 218 g/mol. The second kappa shape index (κ2) is 5.36. The highest BCUT2D eigenvalue weighted by Crippen LogP contribution is 2.21. The number of thioether (sulfide) groups is 1. The van der Waals surface area contributed by atoms with Gasteiger partial charge in [0.25, 0.3) is 0 Å². The predicted octanol–water partition coefficient (Wildman–Crippen LogP) is 2.87. The van der Waals surface area contributed by atoms with E-state index in [1.165, 1.54) is 11.3 Å². The van der Waals surface area contributed by atoms with Crippen molar-refractivity contribution in [1.29, 1.82) is 0 Å². The number of rotatable bonds is 5. The lowest BCUT2D eigenvalue weighted by Crippen LogP contribution is -1.97. The minimum absolute atomic E-state index is 0.162. The second-order valence-electron chi connectivity index (χ2n) is 2.96. The van der Waals surface area contributed by atoms with Gasteiger partial charge in [0.2, 0.25) is 0 Å². The number of carboxylic acid groups (broad SMARTS) is 1. The predicted molar refractivity (Wildman–Crippen MR) is 60.1 cm³/mol. The number of nitrogens with zero attached hydrogens (tertiary/aromatic N) is 1. The van der Waals surface area contributed by atoms with Crippen LogP contribution in [-0.4, -0.2) is 21.3 Å². The van der Waals surface area contributed by atoms with Crippen molar-refractivity contribution in [3.8, 4) is 0 Å². The molecule has 5 heteroatoms. The molecule has 0 aliphatic rings. The van der Waals surface area contributed by atoms with Gasteiger partial charge in [-0.2, -0.15) is 11.8 Å². The number of hydrogen-bond donors (Lipinski definition) is 1. The lowest BCUT2D eigenvalue weighted by molar-refractivity contribution is 0.0691. The van der Waals surface area contributed by atoms with E-state index in [0.717, 1.165) is 17.2 Å². The average molecular weight is 231 g/mol. The Hall–Kier alpha value is -0.550. The SMILES string of the molecule is CCC(C)SCc1nc(C(=O)O)cs1. The van der Waals surface area contributed by atoms with Crippen molar-refractivity contribution >= 4 is 29.1 Å². The van der Waals surface area contributed by atoms with E-state index < -0.39 is 5.97 Å². The smallest absolute Gasteiger partial charge is 0.355 e. The molecule has 1 unspecified atom stereocenters. The summed E-state index contributed by atoms with van der Waals surface area (Å²) < 4.78 is 0. The Bertz CT molecular complexity index is 312. The van der Waals surface area contributed by atoms with Gasteiger partial charge < -0.3 is 5.11 Å². The van der Waals surface area contributed by atoms with Crippen LogP contribution in [-0.2, 0) is 5.75 Å². The zero-order chi connectivity index (χ0) is 10.6. The molecule has 14 heavy (non-hydrogen) atoms. The van der Waals surface area contributed by atoms with Gasteiger partial charge in [-0.1, -0.05) is 13.8 Å². The van der Waals surface area contributed by atoms with Gasteiger partial charge in [-0.25, -0.2) is 9.78 Å². The minimum Gasteiger partial charge on any atom is -0.476 e. The van der Waals surface area contributed by atoms with Gasteiger partial charge in [0.05, 0.1) is 0 Å². The molecule has 0 fully saturated rings. The summed E-state index contributed by atoms with van der Waals surface area (Å²) in [4.78, 5) is 14.6. The number of carboxylic acids is 1. The summed E-state index contributed by atoms with van der Waals surface area (Å²) in [5, 5.41) is 11.8. The van der Waals surface area contributed by atoms with Gasteiger partial charge >= 0.3 is 5.97 Å². The molecule has 0 aliphatic carbocycles. The molecule has 0 saturated heterocycles. The Morgan fingerprint density at radius 2 is 2.50 bits per heavy atom. The summed E-state index contributed by atoms with van der Waals surface area (Å²) in [5.41, 5.74) is 0.162. The summed E-state index contributed by atoms with van der Waals surface area (Å²) >= 11 is 3.23. The molecular formula is C9H13NO2S2. The van der Waals surface area contributed by atoms with Crippen molar-refractivity contribution in [1.82, 2.24) is 4.98 Å². The van der Waals surface area contributed by atoms with E-state index in [-0.39, 0.29) is 5.69 Å². The lowest BCUT2D eigenvalue weighted by atomic mass is 10.4. The zero-order valence-corrected chi connectivity index (χ0v) is 9.82. The van der Waals surface area contributed by atoms with E-state index in [1.807, 2.05) is 11.8 Å². The largest absolute Gasteiger partial charge is 0.476 e. The molecule has 0 aromatic carbocycles. The Labute approximate surface area is 91.6 Å². The Balaban J connectivity index is 2.48. The van der Waals surface area contributed by atoms with Crippen LogP contribution in [0.1, 0.15) is 35.8 Å². The molecule has 0 spiro atoms. The molecule has 1 rings (SSSR count). The van der Waals surface area contributed by atoms with Gasteiger partial charge in [0.1, 0.15) is 5.01 Å². The number of hydrogen-bond acceptors (Lipinski definition) is 4. The molecule has 0 saturated carbocycles. The third-order valence-electron chi connectivity index (χ3n) is 1.84. The van der Waals surface area contributed by atoms with Crippen LogP contribution in [0, 0.1) is 0 Å². The third-order valence-corrected chi connectivity index (χ3v) is 4.21. The molecule has 0 radical (unpaired) electrons. The molecule has 1 N–H and O–H groups in total. The fourth-order valence-electron chi connectivity index (χ4n) is 0.807. The topological polar surface area (TPSA) is 50.2 Å². The number of carbonyl (C=O) groups is 1. The van der Waals surface area contributed by atoms with E-state index in [1.54, 1.807) is 5.38 Å². The first-order valence-corrected chi connectivity index (χ1v) is 6.35. The summed E-state index contributed by atoms with van der Waals surface area (Å²) in [6.45, 7) is 4.30. The van der Waals surface area contributed by atoms with Crippen molar-refractivity contribution in [3.05, 3.63) is 16.1 Å². The van der Waals surface area contributed by atoms with Gasteiger partial charge in [-0.3, -0.25) is 0 Å². The van der Waals surface area contributed by atoms with Gasteiger partial charge in [-0.05, 0) is 6.42 Å². The maximum Gasteiger partial charge on any atom is 0.355 e. The highest BCUT2D eigenvalue weighted by molar-refractivity contribution is 7.99. The molecule has 1 heterocycles. The molecule has 3 nitrogen and oxygen atoms in total. The van der Waals surface area contributed by atoms with Crippen LogP contribution in [0.3, 0.4) is 0 Å². The first kappa shape index (κ1) is 11.5. The highest BCUT2D eigenvalue weighted by atomic mass is 32.2. The van der Waals surface area contributed by atoms with Crippen molar-refractivity contribution in [2.75, 3.05) is 0 Å². The summed E-state index contributed by atoms with van der Waals surface area (Å²) in [5.74, 6) is -0.131.